The Morgan fingerprint density at radius 3 is 2.74 bits per heavy atom. The molecular formula is C21H20N2O4. The SMILES string of the molecule is O=C1c2ccccc2CN1CC(=O)N(Cc1ccc2c(c1)OCO2)C1CC1. The van der Waals surface area contributed by atoms with Gasteiger partial charge in [-0.2, -0.15) is 0 Å². The summed E-state index contributed by atoms with van der Waals surface area (Å²) in [4.78, 5) is 29.1. The molecule has 0 radical (unpaired) electrons. The highest BCUT2D eigenvalue weighted by atomic mass is 16.7. The van der Waals surface area contributed by atoms with Crippen LogP contribution in [0.4, 0.5) is 0 Å². The van der Waals surface area contributed by atoms with E-state index in [0.29, 0.717) is 18.7 Å². The highest BCUT2D eigenvalue weighted by Gasteiger charge is 2.35. The Bertz CT molecular complexity index is 922. The van der Waals surface area contributed by atoms with Gasteiger partial charge in [0, 0.05) is 24.7 Å². The van der Waals surface area contributed by atoms with Crippen molar-refractivity contribution in [2.24, 2.45) is 0 Å². The van der Waals surface area contributed by atoms with Crippen LogP contribution in [0.5, 0.6) is 11.5 Å². The molecule has 2 heterocycles. The van der Waals surface area contributed by atoms with Gasteiger partial charge in [-0.15, -0.1) is 0 Å². The molecule has 1 fully saturated rings. The Balaban J connectivity index is 1.30. The maximum Gasteiger partial charge on any atom is 0.254 e. The number of nitrogens with zero attached hydrogens (tertiary/aromatic N) is 2. The molecule has 1 aliphatic carbocycles. The van der Waals surface area contributed by atoms with Crippen molar-refractivity contribution in [2.75, 3.05) is 13.3 Å². The van der Waals surface area contributed by atoms with Crippen LogP contribution in [0, 0.1) is 0 Å². The summed E-state index contributed by atoms with van der Waals surface area (Å²) in [6, 6.07) is 13.6. The van der Waals surface area contributed by atoms with Crippen LogP contribution < -0.4 is 9.47 Å². The van der Waals surface area contributed by atoms with Gasteiger partial charge in [-0.25, -0.2) is 0 Å². The van der Waals surface area contributed by atoms with E-state index in [9.17, 15) is 9.59 Å². The van der Waals surface area contributed by atoms with Crippen LogP contribution in [0.2, 0.25) is 0 Å². The lowest BCUT2D eigenvalue weighted by Gasteiger charge is -2.25. The lowest BCUT2D eigenvalue weighted by atomic mass is 10.1. The molecule has 2 aliphatic heterocycles. The van der Waals surface area contributed by atoms with E-state index in [1.54, 1.807) is 4.90 Å². The standard InChI is InChI=1S/C21H20N2O4/c24-20(12-22-11-15-3-1-2-4-17(15)21(22)25)23(16-6-7-16)10-14-5-8-18-19(9-14)27-13-26-18/h1-5,8-9,16H,6-7,10-13H2. The van der Waals surface area contributed by atoms with Crippen LogP contribution in [-0.4, -0.2) is 41.0 Å². The Morgan fingerprint density at radius 1 is 1.11 bits per heavy atom. The van der Waals surface area contributed by atoms with Crippen molar-refractivity contribution >= 4 is 11.8 Å². The number of carbonyl (C=O) groups is 2. The van der Waals surface area contributed by atoms with Gasteiger partial charge in [-0.3, -0.25) is 9.59 Å². The Morgan fingerprint density at radius 2 is 1.93 bits per heavy atom. The first-order chi connectivity index (χ1) is 13.2. The summed E-state index contributed by atoms with van der Waals surface area (Å²) in [7, 11) is 0. The second kappa shape index (κ2) is 6.30. The molecule has 0 unspecified atom stereocenters. The number of ether oxygens (including phenoxy) is 2. The van der Waals surface area contributed by atoms with Gasteiger partial charge in [0.2, 0.25) is 12.7 Å². The molecule has 2 aromatic rings. The van der Waals surface area contributed by atoms with Gasteiger partial charge in [-0.05, 0) is 42.2 Å². The monoisotopic (exact) mass is 364 g/mol. The maximum atomic E-state index is 13.0. The maximum absolute atomic E-state index is 13.0. The predicted octanol–water partition coefficient (Wildman–Crippen LogP) is 2.56. The molecule has 3 aliphatic rings. The first-order valence-electron chi connectivity index (χ1n) is 9.24. The van der Waals surface area contributed by atoms with Gasteiger partial charge in [0.1, 0.15) is 6.54 Å². The minimum absolute atomic E-state index is 0.00340. The number of carbonyl (C=O) groups excluding carboxylic acids is 2. The molecule has 2 amide bonds. The first kappa shape index (κ1) is 16.2. The zero-order chi connectivity index (χ0) is 18.4. The van der Waals surface area contributed by atoms with Crippen molar-refractivity contribution < 1.29 is 19.1 Å². The Kier molecular flexibility index (Phi) is 3.77. The molecule has 27 heavy (non-hydrogen) atoms. The van der Waals surface area contributed by atoms with E-state index in [-0.39, 0.29) is 31.2 Å². The van der Waals surface area contributed by atoms with Crippen LogP contribution in [0.15, 0.2) is 42.5 Å². The average Bonchev–Trinajstić information content (AvgIpc) is 3.33. The molecule has 0 bridgehead atoms. The van der Waals surface area contributed by atoms with Gasteiger partial charge in [-0.1, -0.05) is 24.3 Å². The van der Waals surface area contributed by atoms with E-state index in [4.69, 9.17) is 9.47 Å². The van der Waals surface area contributed by atoms with Gasteiger partial charge < -0.3 is 19.3 Å². The van der Waals surface area contributed by atoms with Crippen LogP contribution in [-0.2, 0) is 17.9 Å². The molecule has 0 atom stereocenters. The van der Waals surface area contributed by atoms with Crippen molar-refractivity contribution in [1.29, 1.82) is 0 Å². The molecule has 0 spiro atoms. The first-order valence-corrected chi connectivity index (χ1v) is 9.24. The molecule has 0 saturated heterocycles. The third-order valence-electron chi connectivity index (χ3n) is 5.32. The van der Waals surface area contributed by atoms with Crippen LogP contribution in [0.25, 0.3) is 0 Å². The number of benzene rings is 2. The quantitative estimate of drug-likeness (QED) is 0.818. The fourth-order valence-electron chi connectivity index (χ4n) is 3.74. The molecule has 2 aromatic carbocycles. The summed E-state index contributed by atoms with van der Waals surface area (Å²) in [6.07, 6.45) is 2.04. The van der Waals surface area contributed by atoms with E-state index < -0.39 is 0 Å². The lowest BCUT2D eigenvalue weighted by molar-refractivity contribution is -0.133. The van der Waals surface area contributed by atoms with Crippen molar-refractivity contribution in [2.45, 2.75) is 32.0 Å². The molecule has 6 nitrogen and oxygen atoms in total. The van der Waals surface area contributed by atoms with Crippen molar-refractivity contribution in [3.63, 3.8) is 0 Å². The summed E-state index contributed by atoms with van der Waals surface area (Å²) in [5, 5.41) is 0. The fraction of sp³-hybridized carbons (Fsp3) is 0.333. The molecule has 0 aromatic heterocycles. The topological polar surface area (TPSA) is 59.1 Å². The normalized spacial score (nSPS) is 17.2. The smallest absolute Gasteiger partial charge is 0.254 e. The minimum Gasteiger partial charge on any atom is -0.454 e. The second-order valence-electron chi connectivity index (χ2n) is 7.26. The summed E-state index contributed by atoms with van der Waals surface area (Å²) in [5.41, 5.74) is 2.71. The number of hydrogen-bond acceptors (Lipinski definition) is 4. The number of amides is 2. The van der Waals surface area contributed by atoms with Crippen molar-refractivity contribution in [3.05, 3.63) is 59.2 Å². The van der Waals surface area contributed by atoms with Gasteiger partial charge in [0.15, 0.2) is 11.5 Å². The van der Waals surface area contributed by atoms with Gasteiger partial charge >= 0.3 is 0 Å². The Hall–Kier alpha value is -3.02. The largest absolute Gasteiger partial charge is 0.454 e. The number of rotatable bonds is 5. The van der Waals surface area contributed by atoms with E-state index in [1.165, 1.54) is 0 Å². The van der Waals surface area contributed by atoms with E-state index in [0.717, 1.165) is 35.5 Å². The van der Waals surface area contributed by atoms with Crippen molar-refractivity contribution in [3.8, 4) is 11.5 Å². The zero-order valence-electron chi connectivity index (χ0n) is 14.9. The summed E-state index contributed by atoms with van der Waals surface area (Å²) in [5.74, 6) is 1.40. The van der Waals surface area contributed by atoms with Crippen LogP contribution in [0.1, 0.15) is 34.3 Å². The zero-order valence-corrected chi connectivity index (χ0v) is 14.9. The lowest BCUT2D eigenvalue weighted by Crippen LogP contribution is -2.41. The molecule has 138 valence electrons. The second-order valence-corrected chi connectivity index (χ2v) is 7.26. The summed E-state index contributed by atoms with van der Waals surface area (Å²) < 4.78 is 10.8. The average molecular weight is 364 g/mol. The van der Waals surface area contributed by atoms with Gasteiger partial charge in [0.05, 0.1) is 0 Å². The summed E-state index contributed by atoms with van der Waals surface area (Å²) >= 11 is 0. The van der Waals surface area contributed by atoms with Crippen LogP contribution >= 0.6 is 0 Å². The molecule has 0 N–H and O–H groups in total. The molecule has 5 rings (SSSR count). The fourth-order valence-corrected chi connectivity index (χ4v) is 3.74. The highest BCUT2D eigenvalue weighted by Crippen LogP contribution is 2.34. The third-order valence-corrected chi connectivity index (χ3v) is 5.32. The van der Waals surface area contributed by atoms with E-state index >= 15 is 0 Å². The number of fused-ring (bicyclic) bond motifs is 2. The predicted molar refractivity (Wildman–Crippen MR) is 97.3 cm³/mol. The minimum atomic E-state index is -0.0576. The Labute approximate surface area is 157 Å². The summed E-state index contributed by atoms with van der Waals surface area (Å²) in [6.45, 7) is 1.38. The van der Waals surface area contributed by atoms with Gasteiger partial charge in [0.25, 0.3) is 5.91 Å². The van der Waals surface area contributed by atoms with Crippen LogP contribution in [0.3, 0.4) is 0 Å². The molecule has 1 saturated carbocycles. The van der Waals surface area contributed by atoms with E-state index in [2.05, 4.69) is 0 Å². The van der Waals surface area contributed by atoms with Crippen molar-refractivity contribution in [1.82, 2.24) is 9.80 Å². The number of hydrogen-bond donors (Lipinski definition) is 0. The molecular weight excluding hydrogens is 344 g/mol. The highest BCUT2D eigenvalue weighted by molar-refractivity contribution is 6.00. The van der Waals surface area contributed by atoms with E-state index in [1.807, 2.05) is 47.4 Å². The third kappa shape index (κ3) is 3.01. The molecule has 6 heteroatoms.